The predicted octanol–water partition coefficient (Wildman–Crippen LogP) is 3.87. The number of nitrogens with zero attached hydrogens (tertiary/aromatic N) is 1. The molecule has 0 bridgehead atoms. The zero-order valence-electron chi connectivity index (χ0n) is 17.2. The molecule has 2 aromatic heterocycles. The number of hydrogen-bond donors (Lipinski definition) is 2. The summed E-state index contributed by atoms with van der Waals surface area (Å²) in [7, 11) is 0. The van der Waals surface area contributed by atoms with Crippen LogP contribution < -0.4 is 10.9 Å². The van der Waals surface area contributed by atoms with Crippen molar-refractivity contribution in [2.24, 2.45) is 5.92 Å². The Balaban J connectivity index is 1.80. The number of amides is 1. The second kappa shape index (κ2) is 6.99. The lowest BCUT2D eigenvalue weighted by Gasteiger charge is -2.29. The number of carbonyl (C=O) groups is 1. The normalized spacial score (nSPS) is 22.1. The Bertz CT molecular complexity index is 1210. The maximum atomic E-state index is 13.1. The van der Waals surface area contributed by atoms with Crippen molar-refractivity contribution in [2.45, 2.75) is 33.1 Å². The van der Waals surface area contributed by atoms with Gasteiger partial charge in [0, 0.05) is 40.9 Å². The highest BCUT2D eigenvalue weighted by molar-refractivity contribution is 5.91. The monoisotopic (exact) mass is 387 g/mol. The maximum Gasteiger partial charge on any atom is 0.252 e. The molecule has 1 aromatic carbocycles. The van der Waals surface area contributed by atoms with Gasteiger partial charge in [0.1, 0.15) is 0 Å². The maximum absolute atomic E-state index is 13.1. The molecule has 1 aliphatic heterocycles. The summed E-state index contributed by atoms with van der Waals surface area (Å²) in [5.41, 5.74) is 4.07. The number of carbonyl (C=O) groups excluding carboxylic acids is 1. The first-order valence-electron chi connectivity index (χ1n) is 9.87. The molecule has 1 unspecified atom stereocenters. The Morgan fingerprint density at radius 1 is 1.24 bits per heavy atom. The van der Waals surface area contributed by atoms with E-state index in [0.29, 0.717) is 17.8 Å². The minimum Gasteiger partial charge on any atom is -0.355 e. The van der Waals surface area contributed by atoms with E-state index in [4.69, 9.17) is 0 Å². The highest BCUT2D eigenvalue weighted by Gasteiger charge is 2.49. The molecule has 29 heavy (non-hydrogen) atoms. The standard InChI is InChI=1S/C24H25N3O2/c1-5-14(2)19-13-26-23(29)24(19,4)18-9-10-20(27-22(18)28)16-11-17-15(3)7-6-8-21(17)25-12-16/h5-12,19H,13H2,1-4H3,(H,26,29)(H,27,28)/b14-5+/t19?,24-/m0/s1. The van der Waals surface area contributed by atoms with Crippen LogP contribution in [0.3, 0.4) is 0 Å². The predicted molar refractivity (Wildman–Crippen MR) is 116 cm³/mol. The van der Waals surface area contributed by atoms with Gasteiger partial charge in [0.2, 0.25) is 5.91 Å². The van der Waals surface area contributed by atoms with E-state index in [1.165, 1.54) is 0 Å². The zero-order chi connectivity index (χ0) is 20.8. The molecule has 5 nitrogen and oxygen atoms in total. The van der Waals surface area contributed by atoms with Crippen molar-refractivity contribution in [3.05, 3.63) is 75.7 Å². The zero-order valence-corrected chi connectivity index (χ0v) is 17.2. The Morgan fingerprint density at radius 3 is 2.76 bits per heavy atom. The average Bonchev–Trinajstić information content (AvgIpc) is 3.02. The summed E-state index contributed by atoms with van der Waals surface area (Å²) in [6, 6.07) is 11.7. The van der Waals surface area contributed by atoms with E-state index < -0.39 is 5.41 Å². The quantitative estimate of drug-likeness (QED) is 0.670. The molecule has 0 aliphatic carbocycles. The summed E-state index contributed by atoms with van der Waals surface area (Å²) < 4.78 is 0. The lowest BCUT2D eigenvalue weighted by molar-refractivity contribution is -0.124. The second-order valence-corrected chi connectivity index (χ2v) is 7.98. The van der Waals surface area contributed by atoms with Gasteiger partial charge in [0.05, 0.1) is 10.9 Å². The van der Waals surface area contributed by atoms with Gasteiger partial charge in [-0.2, -0.15) is 0 Å². The third kappa shape index (κ3) is 2.97. The number of allylic oxidation sites excluding steroid dienone is 1. The summed E-state index contributed by atoms with van der Waals surface area (Å²) in [6.45, 7) is 8.41. The van der Waals surface area contributed by atoms with Crippen molar-refractivity contribution >= 4 is 16.8 Å². The van der Waals surface area contributed by atoms with E-state index >= 15 is 0 Å². The number of nitrogens with one attached hydrogen (secondary N) is 2. The number of aryl methyl sites for hydroxylation is 1. The molecule has 5 heteroatoms. The van der Waals surface area contributed by atoms with Crippen LogP contribution >= 0.6 is 0 Å². The molecular weight excluding hydrogens is 362 g/mol. The van der Waals surface area contributed by atoms with Crippen LogP contribution in [0.25, 0.3) is 22.2 Å². The molecule has 1 amide bonds. The number of H-pyrrole nitrogens is 1. The first kappa shape index (κ1) is 19.1. The van der Waals surface area contributed by atoms with Gasteiger partial charge in [-0.15, -0.1) is 0 Å². The fourth-order valence-corrected chi connectivity index (χ4v) is 4.36. The number of pyridine rings is 2. The first-order valence-corrected chi connectivity index (χ1v) is 9.87. The molecule has 1 saturated heterocycles. The molecule has 2 N–H and O–H groups in total. The molecule has 0 radical (unpaired) electrons. The Kier molecular flexibility index (Phi) is 4.61. The summed E-state index contributed by atoms with van der Waals surface area (Å²) in [5, 5.41) is 3.99. The molecule has 148 valence electrons. The number of hydrogen-bond acceptors (Lipinski definition) is 3. The summed E-state index contributed by atoms with van der Waals surface area (Å²) in [6.07, 6.45) is 3.78. The number of benzene rings is 1. The third-order valence-electron chi connectivity index (χ3n) is 6.36. The van der Waals surface area contributed by atoms with E-state index in [1.54, 1.807) is 12.3 Å². The van der Waals surface area contributed by atoms with Crippen LogP contribution in [0.15, 0.2) is 59.0 Å². The van der Waals surface area contributed by atoms with Crippen molar-refractivity contribution < 1.29 is 4.79 Å². The van der Waals surface area contributed by atoms with Crippen molar-refractivity contribution in [1.82, 2.24) is 15.3 Å². The number of fused-ring (bicyclic) bond motifs is 1. The average molecular weight is 387 g/mol. The number of rotatable bonds is 3. The molecule has 0 spiro atoms. The van der Waals surface area contributed by atoms with Crippen LogP contribution in [0.2, 0.25) is 0 Å². The minimum atomic E-state index is -0.888. The van der Waals surface area contributed by atoms with Crippen LogP contribution in [0, 0.1) is 12.8 Å². The summed E-state index contributed by atoms with van der Waals surface area (Å²) in [5.74, 6) is -0.151. The van der Waals surface area contributed by atoms with Gasteiger partial charge in [-0.3, -0.25) is 14.6 Å². The summed E-state index contributed by atoms with van der Waals surface area (Å²) in [4.78, 5) is 33.3. The highest BCUT2D eigenvalue weighted by atomic mass is 16.2. The number of aromatic nitrogens is 2. The van der Waals surface area contributed by atoms with Crippen LogP contribution in [-0.4, -0.2) is 22.4 Å². The van der Waals surface area contributed by atoms with Crippen LogP contribution in [0.5, 0.6) is 0 Å². The Morgan fingerprint density at radius 2 is 2.03 bits per heavy atom. The second-order valence-electron chi connectivity index (χ2n) is 7.98. The molecule has 4 rings (SSSR count). The van der Waals surface area contributed by atoms with Crippen molar-refractivity contribution in [2.75, 3.05) is 6.54 Å². The smallest absolute Gasteiger partial charge is 0.252 e. The molecular formula is C24H25N3O2. The molecule has 3 aromatic rings. The van der Waals surface area contributed by atoms with Crippen LogP contribution in [0.1, 0.15) is 31.9 Å². The van der Waals surface area contributed by atoms with Gasteiger partial charge in [0.15, 0.2) is 0 Å². The van der Waals surface area contributed by atoms with Crippen LogP contribution in [0.4, 0.5) is 0 Å². The van der Waals surface area contributed by atoms with Gasteiger partial charge in [0.25, 0.3) is 5.56 Å². The Labute approximate surface area is 169 Å². The van der Waals surface area contributed by atoms with Gasteiger partial charge in [-0.1, -0.05) is 29.8 Å². The van der Waals surface area contributed by atoms with Gasteiger partial charge >= 0.3 is 0 Å². The molecule has 0 saturated carbocycles. The van der Waals surface area contributed by atoms with Crippen molar-refractivity contribution in [3.8, 4) is 11.3 Å². The summed E-state index contributed by atoms with van der Waals surface area (Å²) >= 11 is 0. The first-order chi connectivity index (χ1) is 13.9. The van der Waals surface area contributed by atoms with Gasteiger partial charge in [-0.25, -0.2) is 0 Å². The minimum absolute atomic E-state index is 0.0445. The van der Waals surface area contributed by atoms with Crippen LogP contribution in [-0.2, 0) is 10.2 Å². The van der Waals surface area contributed by atoms with E-state index in [2.05, 4.69) is 15.3 Å². The van der Waals surface area contributed by atoms with Gasteiger partial charge in [-0.05, 0) is 51.5 Å². The fraction of sp³-hybridized carbons (Fsp3) is 0.292. The lowest BCUT2D eigenvalue weighted by Crippen LogP contribution is -2.41. The lowest BCUT2D eigenvalue weighted by atomic mass is 9.71. The molecule has 1 aliphatic rings. The van der Waals surface area contributed by atoms with E-state index in [9.17, 15) is 9.59 Å². The third-order valence-corrected chi connectivity index (χ3v) is 6.36. The van der Waals surface area contributed by atoms with E-state index in [-0.39, 0.29) is 17.4 Å². The topological polar surface area (TPSA) is 74.8 Å². The number of aromatic amines is 1. The molecule has 1 fully saturated rings. The largest absolute Gasteiger partial charge is 0.355 e. The van der Waals surface area contributed by atoms with Gasteiger partial charge < -0.3 is 10.3 Å². The van der Waals surface area contributed by atoms with E-state index in [1.807, 2.05) is 64.1 Å². The fourth-order valence-electron chi connectivity index (χ4n) is 4.36. The van der Waals surface area contributed by atoms with Crippen molar-refractivity contribution in [1.29, 1.82) is 0 Å². The molecule has 2 atom stereocenters. The van der Waals surface area contributed by atoms with E-state index in [0.717, 1.165) is 27.6 Å². The molecule has 3 heterocycles. The SMILES string of the molecule is C/C=C(\C)C1CNC(=O)[C@@]1(C)c1ccc(-c2cnc3cccc(C)c3c2)[nH]c1=O. The van der Waals surface area contributed by atoms with Crippen molar-refractivity contribution in [3.63, 3.8) is 0 Å². The highest BCUT2D eigenvalue weighted by Crippen LogP contribution is 2.39. The Hall–Kier alpha value is -3.21.